The molecule has 0 amide bonds. The number of hydrogen-bond acceptors (Lipinski definition) is 3. The number of piperidine rings is 1. The molecule has 0 aliphatic carbocycles. The van der Waals surface area contributed by atoms with Crippen LogP contribution >= 0.6 is 12.2 Å². The third-order valence-corrected chi connectivity index (χ3v) is 4.16. The molecule has 1 aliphatic heterocycles. The molecule has 18 heavy (non-hydrogen) atoms. The molecule has 1 aromatic heterocycles. The first-order valence-electron chi connectivity index (χ1n) is 6.51. The van der Waals surface area contributed by atoms with Crippen LogP contribution in [-0.4, -0.2) is 22.6 Å². The second-order valence-electron chi connectivity index (χ2n) is 5.48. The number of nitrogens with two attached hydrogens (primary N) is 1. The van der Waals surface area contributed by atoms with Crippen molar-refractivity contribution in [1.29, 1.82) is 0 Å². The Bertz CT molecular complexity index is 429. The fourth-order valence-corrected chi connectivity index (χ4v) is 2.84. The molecule has 3 atom stereocenters. The fourth-order valence-electron chi connectivity index (χ4n) is 2.72. The quantitative estimate of drug-likeness (QED) is 0.833. The summed E-state index contributed by atoms with van der Waals surface area (Å²) in [6.07, 6.45) is 3.07. The highest BCUT2D eigenvalue weighted by atomic mass is 32.1. The first-order chi connectivity index (χ1) is 8.49. The predicted octanol–water partition coefficient (Wildman–Crippen LogP) is 2.59. The Balaban J connectivity index is 2.21. The fraction of sp³-hybridized carbons (Fsp3) is 0.571. The molecule has 1 fully saturated rings. The highest BCUT2D eigenvalue weighted by Crippen LogP contribution is 2.30. The smallest absolute Gasteiger partial charge is 0.128 e. The standard InChI is InChI=1S/C14H21N3S/c1-9-6-10(2)11(3)17(8-9)13-5-4-12(7-16-13)14(15)18/h4-5,7,9-11H,6,8H2,1-3H3,(H2,15,18). The summed E-state index contributed by atoms with van der Waals surface area (Å²) in [4.78, 5) is 7.30. The third kappa shape index (κ3) is 2.64. The highest BCUT2D eigenvalue weighted by Gasteiger charge is 2.29. The maximum Gasteiger partial charge on any atom is 0.128 e. The summed E-state index contributed by atoms with van der Waals surface area (Å²) in [5.74, 6) is 2.44. The summed E-state index contributed by atoms with van der Waals surface area (Å²) in [6.45, 7) is 7.97. The molecule has 4 heteroatoms. The lowest BCUT2D eigenvalue weighted by Gasteiger charge is -2.41. The largest absolute Gasteiger partial charge is 0.389 e. The van der Waals surface area contributed by atoms with Gasteiger partial charge in [0.15, 0.2) is 0 Å². The van der Waals surface area contributed by atoms with Gasteiger partial charge in [-0.25, -0.2) is 4.98 Å². The van der Waals surface area contributed by atoms with Crippen molar-refractivity contribution in [1.82, 2.24) is 4.98 Å². The van der Waals surface area contributed by atoms with Crippen LogP contribution in [-0.2, 0) is 0 Å². The summed E-state index contributed by atoms with van der Waals surface area (Å²) in [5.41, 5.74) is 6.42. The van der Waals surface area contributed by atoms with Gasteiger partial charge < -0.3 is 10.6 Å². The van der Waals surface area contributed by atoms with Gasteiger partial charge in [-0.1, -0.05) is 26.1 Å². The Morgan fingerprint density at radius 3 is 2.67 bits per heavy atom. The van der Waals surface area contributed by atoms with Crippen LogP contribution in [0.4, 0.5) is 5.82 Å². The molecule has 0 spiro atoms. The van der Waals surface area contributed by atoms with Crippen LogP contribution in [0.5, 0.6) is 0 Å². The van der Waals surface area contributed by atoms with Gasteiger partial charge >= 0.3 is 0 Å². The Labute approximate surface area is 114 Å². The van der Waals surface area contributed by atoms with E-state index < -0.39 is 0 Å². The van der Waals surface area contributed by atoms with Crippen molar-refractivity contribution in [2.75, 3.05) is 11.4 Å². The molecule has 0 bridgehead atoms. The minimum absolute atomic E-state index is 0.405. The van der Waals surface area contributed by atoms with Crippen LogP contribution in [0.1, 0.15) is 32.8 Å². The maximum atomic E-state index is 5.59. The lowest BCUT2D eigenvalue weighted by Crippen LogP contribution is -2.46. The molecule has 2 rings (SSSR count). The van der Waals surface area contributed by atoms with Gasteiger partial charge in [0.25, 0.3) is 0 Å². The van der Waals surface area contributed by atoms with E-state index in [-0.39, 0.29) is 0 Å². The van der Waals surface area contributed by atoms with Gasteiger partial charge in [-0.2, -0.15) is 0 Å². The maximum absolute atomic E-state index is 5.59. The van der Waals surface area contributed by atoms with Gasteiger partial charge in [0, 0.05) is 24.3 Å². The lowest BCUT2D eigenvalue weighted by molar-refractivity contribution is 0.295. The van der Waals surface area contributed by atoms with E-state index in [9.17, 15) is 0 Å². The van der Waals surface area contributed by atoms with E-state index in [4.69, 9.17) is 18.0 Å². The molecular formula is C14H21N3S. The van der Waals surface area contributed by atoms with E-state index in [0.717, 1.165) is 17.9 Å². The van der Waals surface area contributed by atoms with Crippen molar-refractivity contribution in [2.45, 2.75) is 33.2 Å². The topological polar surface area (TPSA) is 42.1 Å². The van der Waals surface area contributed by atoms with E-state index >= 15 is 0 Å². The van der Waals surface area contributed by atoms with Crippen molar-refractivity contribution in [3.8, 4) is 0 Å². The van der Waals surface area contributed by atoms with Gasteiger partial charge in [-0.05, 0) is 37.3 Å². The average Bonchev–Trinajstić information content (AvgIpc) is 2.34. The zero-order chi connectivity index (χ0) is 13.3. The molecular weight excluding hydrogens is 242 g/mol. The molecule has 2 N–H and O–H groups in total. The number of thiocarbonyl (C=S) groups is 1. The molecule has 2 heterocycles. The summed E-state index contributed by atoms with van der Waals surface area (Å²) >= 11 is 4.95. The molecule has 1 aliphatic rings. The minimum atomic E-state index is 0.405. The Hall–Kier alpha value is -1.16. The van der Waals surface area contributed by atoms with Crippen molar-refractivity contribution < 1.29 is 0 Å². The van der Waals surface area contributed by atoms with Crippen molar-refractivity contribution in [2.24, 2.45) is 17.6 Å². The van der Waals surface area contributed by atoms with Gasteiger partial charge in [-0.3, -0.25) is 0 Å². The van der Waals surface area contributed by atoms with Crippen molar-refractivity contribution in [3.63, 3.8) is 0 Å². The van der Waals surface area contributed by atoms with Gasteiger partial charge in [0.05, 0.1) is 0 Å². The minimum Gasteiger partial charge on any atom is -0.389 e. The number of anilines is 1. The number of nitrogens with zero attached hydrogens (tertiary/aromatic N) is 2. The number of pyridine rings is 1. The second-order valence-corrected chi connectivity index (χ2v) is 5.92. The summed E-state index contributed by atoms with van der Waals surface area (Å²) in [7, 11) is 0. The van der Waals surface area contributed by atoms with Gasteiger partial charge in [0.2, 0.25) is 0 Å². The predicted molar refractivity (Wildman–Crippen MR) is 79.9 cm³/mol. The van der Waals surface area contributed by atoms with Crippen LogP contribution in [0.3, 0.4) is 0 Å². The van der Waals surface area contributed by atoms with Crippen molar-refractivity contribution in [3.05, 3.63) is 23.9 Å². The molecule has 3 nitrogen and oxygen atoms in total. The molecule has 1 saturated heterocycles. The number of aromatic nitrogens is 1. The number of rotatable bonds is 2. The van der Waals surface area contributed by atoms with E-state index in [1.807, 2.05) is 12.1 Å². The molecule has 3 unspecified atom stereocenters. The molecule has 0 saturated carbocycles. The van der Waals surface area contributed by atoms with Crippen LogP contribution < -0.4 is 10.6 Å². The zero-order valence-corrected chi connectivity index (χ0v) is 12.1. The summed E-state index contributed by atoms with van der Waals surface area (Å²) < 4.78 is 0. The average molecular weight is 263 g/mol. The van der Waals surface area contributed by atoms with Crippen LogP contribution in [0.15, 0.2) is 18.3 Å². The van der Waals surface area contributed by atoms with Crippen molar-refractivity contribution >= 4 is 23.0 Å². The Morgan fingerprint density at radius 1 is 1.39 bits per heavy atom. The van der Waals surface area contributed by atoms with Gasteiger partial charge in [-0.15, -0.1) is 0 Å². The second kappa shape index (κ2) is 5.22. The molecule has 0 radical (unpaired) electrons. The Kier molecular flexibility index (Phi) is 3.85. The lowest BCUT2D eigenvalue weighted by atomic mass is 9.86. The first-order valence-corrected chi connectivity index (χ1v) is 6.92. The highest BCUT2D eigenvalue weighted by molar-refractivity contribution is 7.80. The molecule has 1 aromatic rings. The van der Waals surface area contributed by atoms with E-state index in [1.165, 1.54) is 6.42 Å². The SMILES string of the molecule is CC1CC(C)C(C)N(c2ccc(C(N)=S)cn2)C1. The first kappa shape index (κ1) is 13.3. The molecule has 98 valence electrons. The van der Waals surface area contributed by atoms with Crippen LogP contribution in [0, 0.1) is 11.8 Å². The monoisotopic (exact) mass is 263 g/mol. The number of hydrogen-bond donors (Lipinski definition) is 1. The summed E-state index contributed by atoms with van der Waals surface area (Å²) in [6, 6.07) is 4.52. The van der Waals surface area contributed by atoms with Gasteiger partial charge in [0.1, 0.15) is 10.8 Å². The normalized spacial score (nSPS) is 28.2. The zero-order valence-electron chi connectivity index (χ0n) is 11.3. The molecule has 0 aromatic carbocycles. The van der Waals surface area contributed by atoms with E-state index in [0.29, 0.717) is 22.9 Å². The van der Waals surface area contributed by atoms with E-state index in [1.54, 1.807) is 6.20 Å². The third-order valence-electron chi connectivity index (χ3n) is 3.92. The summed E-state index contributed by atoms with van der Waals surface area (Å²) in [5, 5.41) is 0. The van der Waals surface area contributed by atoms with E-state index in [2.05, 4.69) is 30.7 Å². The van der Waals surface area contributed by atoms with Crippen LogP contribution in [0.2, 0.25) is 0 Å². The van der Waals surface area contributed by atoms with Crippen LogP contribution in [0.25, 0.3) is 0 Å². The Morgan fingerprint density at radius 2 is 2.11 bits per heavy atom.